The second-order valence-corrected chi connectivity index (χ2v) is 8.83. The van der Waals surface area contributed by atoms with E-state index in [0.717, 1.165) is 44.6 Å². The lowest BCUT2D eigenvalue weighted by Gasteiger charge is -2.26. The summed E-state index contributed by atoms with van der Waals surface area (Å²) in [5.74, 6) is -0.203. The molecule has 1 amide bonds. The van der Waals surface area contributed by atoms with Crippen LogP contribution < -0.4 is 10.6 Å². The summed E-state index contributed by atoms with van der Waals surface area (Å²) in [5, 5.41) is 6.49. The number of anilines is 1. The summed E-state index contributed by atoms with van der Waals surface area (Å²) in [4.78, 5) is 31.1. The van der Waals surface area contributed by atoms with Gasteiger partial charge in [-0.15, -0.1) is 0 Å². The highest BCUT2D eigenvalue weighted by atomic mass is 35.5. The molecular weight excluding hydrogens is 485 g/mol. The molecule has 0 atom stereocenters. The summed E-state index contributed by atoms with van der Waals surface area (Å²) >= 11 is 6.15. The molecule has 4 aromatic heterocycles. The van der Waals surface area contributed by atoms with Crippen molar-refractivity contribution in [1.29, 1.82) is 0 Å². The van der Waals surface area contributed by atoms with Crippen LogP contribution in [0.15, 0.2) is 48.9 Å². The van der Waals surface area contributed by atoms with Crippen LogP contribution >= 0.6 is 11.6 Å². The summed E-state index contributed by atoms with van der Waals surface area (Å²) in [5.41, 5.74) is 4.09. The summed E-state index contributed by atoms with van der Waals surface area (Å²) in [6, 6.07) is 8.31. The number of hydrogen-bond acceptors (Lipinski definition) is 7. The van der Waals surface area contributed by atoms with E-state index in [2.05, 4.69) is 35.5 Å². The largest absolute Gasteiger partial charge is 0.379 e. The van der Waals surface area contributed by atoms with Crippen molar-refractivity contribution >= 4 is 34.4 Å². The van der Waals surface area contributed by atoms with Gasteiger partial charge in [0.15, 0.2) is 0 Å². The van der Waals surface area contributed by atoms with Gasteiger partial charge in [0.2, 0.25) is 5.91 Å². The Hall–Kier alpha value is -3.44. The summed E-state index contributed by atoms with van der Waals surface area (Å²) in [6.45, 7) is 5.07. The van der Waals surface area contributed by atoms with Crippen LogP contribution in [0, 0.1) is 5.82 Å². The molecule has 9 nitrogen and oxygen atoms in total. The monoisotopic (exact) mass is 509 g/mol. The minimum absolute atomic E-state index is 0.176. The average molecular weight is 510 g/mol. The van der Waals surface area contributed by atoms with Crippen LogP contribution in [-0.4, -0.2) is 76.7 Å². The highest BCUT2D eigenvalue weighted by Crippen LogP contribution is 2.37. The fraction of sp³-hybridized carbons (Fsp3) is 0.280. The van der Waals surface area contributed by atoms with Crippen molar-refractivity contribution < 1.29 is 13.9 Å². The van der Waals surface area contributed by atoms with E-state index >= 15 is 0 Å². The molecule has 0 unspecified atom stereocenters. The molecule has 4 aromatic rings. The molecule has 0 radical (unpaired) electrons. The fourth-order valence-corrected chi connectivity index (χ4v) is 4.30. The van der Waals surface area contributed by atoms with E-state index in [-0.39, 0.29) is 12.5 Å². The Bertz CT molecular complexity index is 1360. The minimum Gasteiger partial charge on any atom is -0.379 e. The minimum atomic E-state index is -0.427. The van der Waals surface area contributed by atoms with Gasteiger partial charge in [0.1, 0.15) is 11.6 Å². The highest BCUT2D eigenvalue weighted by Gasteiger charge is 2.19. The van der Waals surface area contributed by atoms with Gasteiger partial charge in [0.25, 0.3) is 0 Å². The first-order valence-electron chi connectivity index (χ1n) is 11.6. The number of hydrogen-bond donors (Lipinski definition) is 3. The Morgan fingerprint density at radius 3 is 2.81 bits per heavy atom. The van der Waals surface area contributed by atoms with Gasteiger partial charge in [0.05, 0.1) is 59.0 Å². The number of amides is 1. The maximum Gasteiger partial charge on any atom is 0.239 e. The van der Waals surface area contributed by atoms with Gasteiger partial charge in [-0.1, -0.05) is 11.6 Å². The lowest BCUT2D eigenvalue weighted by molar-refractivity contribution is -0.115. The molecule has 0 bridgehead atoms. The molecule has 1 fully saturated rings. The van der Waals surface area contributed by atoms with Crippen LogP contribution in [0.1, 0.15) is 0 Å². The Morgan fingerprint density at radius 1 is 1.14 bits per heavy atom. The standard InChI is InChI=1S/C25H25ClFN7O2/c26-17-12-20-25(31-13-17)23(19-2-1-18(27)14-30-19)24(32-20)16-3-4-29-21(11-16)33-22(35)15-28-5-6-34-7-9-36-10-8-34/h1-4,11-14,28,32H,5-10,15H2,(H,29,33,35). The van der Waals surface area contributed by atoms with E-state index in [1.54, 1.807) is 30.6 Å². The molecule has 0 aliphatic carbocycles. The number of aromatic nitrogens is 4. The number of carbonyl (C=O) groups excluding carboxylic acids is 1. The third kappa shape index (κ3) is 5.68. The quantitative estimate of drug-likeness (QED) is 0.313. The molecule has 1 saturated heterocycles. The van der Waals surface area contributed by atoms with E-state index in [9.17, 15) is 9.18 Å². The Balaban J connectivity index is 1.33. The average Bonchev–Trinajstić information content (AvgIpc) is 3.26. The number of carbonyl (C=O) groups is 1. The summed E-state index contributed by atoms with van der Waals surface area (Å²) in [6.07, 6.45) is 4.33. The molecule has 5 heterocycles. The first-order valence-corrected chi connectivity index (χ1v) is 12.0. The molecule has 11 heteroatoms. The van der Waals surface area contributed by atoms with Gasteiger partial charge in [-0.3, -0.25) is 19.7 Å². The molecule has 5 rings (SSSR count). The number of nitrogens with zero attached hydrogens (tertiary/aromatic N) is 4. The smallest absolute Gasteiger partial charge is 0.239 e. The predicted molar refractivity (Wildman–Crippen MR) is 136 cm³/mol. The van der Waals surface area contributed by atoms with Crippen LogP contribution in [0.3, 0.4) is 0 Å². The van der Waals surface area contributed by atoms with Crippen molar-refractivity contribution in [2.45, 2.75) is 0 Å². The van der Waals surface area contributed by atoms with Gasteiger partial charge in [-0.05, 0) is 30.3 Å². The van der Waals surface area contributed by atoms with Gasteiger partial charge < -0.3 is 20.4 Å². The number of H-pyrrole nitrogens is 1. The van der Waals surface area contributed by atoms with E-state index in [1.165, 1.54) is 6.07 Å². The van der Waals surface area contributed by atoms with Crippen molar-refractivity contribution in [3.8, 4) is 22.5 Å². The first kappa shape index (κ1) is 24.3. The van der Waals surface area contributed by atoms with Crippen LogP contribution in [-0.2, 0) is 9.53 Å². The number of aromatic amines is 1. The second kappa shape index (κ2) is 11.1. The number of pyridine rings is 3. The maximum atomic E-state index is 13.5. The number of nitrogens with one attached hydrogen (secondary N) is 3. The van der Waals surface area contributed by atoms with Gasteiger partial charge in [-0.25, -0.2) is 9.37 Å². The van der Waals surface area contributed by atoms with Crippen molar-refractivity contribution in [3.63, 3.8) is 0 Å². The van der Waals surface area contributed by atoms with E-state index < -0.39 is 5.82 Å². The van der Waals surface area contributed by atoms with Crippen molar-refractivity contribution in [2.75, 3.05) is 51.3 Å². The number of morpholine rings is 1. The van der Waals surface area contributed by atoms with Crippen LogP contribution in [0.5, 0.6) is 0 Å². The lowest BCUT2D eigenvalue weighted by atomic mass is 10.0. The fourth-order valence-electron chi connectivity index (χ4n) is 4.14. The highest BCUT2D eigenvalue weighted by molar-refractivity contribution is 6.31. The zero-order valence-electron chi connectivity index (χ0n) is 19.4. The molecule has 0 spiro atoms. The molecule has 3 N–H and O–H groups in total. The lowest BCUT2D eigenvalue weighted by Crippen LogP contribution is -2.41. The van der Waals surface area contributed by atoms with Gasteiger partial charge >= 0.3 is 0 Å². The number of fused-ring (bicyclic) bond motifs is 1. The SMILES string of the molecule is O=C(CNCCN1CCOCC1)Nc1cc(-c2[nH]c3cc(Cl)cnc3c2-c2ccc(F)cn2)ccn1. The second-order valence-electron chi connectivity index (χ2n) is 8.40. The number of ether oxygens (including phenoxy) is 1. The predicted octanol–water partition coefficient (Wildman–Crippen LogP) is 3.34. The molecule has 0 aromatic carbocycles. The third-order valence-electron chi connectivity index (χ3n) is 5.89. The van der Waals surface area contributed by atoms with Crippen LogP contribution in [0.25, 0.3) is 33.5 Å². The van der Waals surface area contributed by atoms with Crippen molar-refractivity contribution in [1.82, 2.24) is 30.2 Å². The van der Waals surface area contributed by atoms with E-state index in [0.29, 0.717) is 45.4 Å². The zero-order valence-corrected chi connectivity index (χ0v) is 20.2. The Labute approximate surface area is 212 Å². The number of halogens is 2. The van der Waals surface area contributed by atoms with Crippen LogP contribution in [0.4, 0.5) is 10.2 Å². The maximum absolute atomic E-state index is 13.5. The molecule has 36 heavy (non-hydrogen) atoms. The van der Waals surface area contributed by atoms with Gasteiger partial charge in [-0.2, -0.15) is 0 Å². The third-order valence-corrected chi connectivity index (χ3v) is 6.10. The Morgan fingerprint density at radius 2 is 2.00 bits per heavy atom. The van der Waals surface area contributed by atoms with E-state index in [4.69, 9.17) is 16.3 Å². The first-order chi connectivity index (χ1) is 17.6. The Kier molecular flexibility index (Phi) is 7.47. The van der Waals surface area contributed by atoms with Gasteiger partial charge in [0, 0.05) is 44.1 Å². The molecular formula is C25H25ClFN7O2. The zero-order chi connectivity index (χ0) is 24.9. The summed E-state index contributed by atoms with van der Waals surface area (Å²) in [7, 11) is 0. The van der Waals surface area contributed by atoms with Crippen molar-refractivity contribution in [2.24, 2.45) is 0 Å². The topological polar surface area (TPSA) is 108 Å². The summed E-state index contributed by atoms with van der Waals surface area (Å²) < 4.78 is 18.9. The van der Waals surface area contributed by atoms with Crippen molar-refractivity contribution in [3.05, 3.63) is 59.8 Å². The molecule has 0 saturated carbocycles. The number of rotatable bonds is 8. The molecule has 186 valence electrons. The molecule has 1 aliphatic rings. The van der Waals surface area contributed by atoms with Crippen LogP contribution in [0.2, 0.25) is 5.02 Å². The molecule has 1 aliphatic heterocycles. The normalized spacial score (nSPS) is 14.3. The van der Waals surface area contributed by atoms with E-state index in [1.807, 2.05) is 6.07 Å².